The van der Waals surface area contributed by atoms with Crippen molar-refractivity contribution in [3.05, 3.63) is 24.3 Å². The summed E-state index contributed by atoms with van der Waals surface area (Å²) in [5, 5.41) is 0. The maximum atomic E-state index is 12.0. The summed E-state index contributed by atoms with van der Waals surface area (Å²) in [6.07, 6.45) is 0.214. The lowest BCUT2D eigenvalue weighted by Gasteiger charge is -2.17. The van der Waals surface area contributed by atoms with Crippen LogP contribution in [0.5, 0.6) is 5.75 Å². The minimum absolute atomic E-state index is 0.0489. The lowest BCUT2D eigenvalue weighted by molar-refractivity contribution is -0.147. The van der Waals surface area contributed by atoms with Gasteiger partial charge in [-0.05, 0) is 38.1 Å². The number of anilines is 1. The fourth-order valence-electron chi connectivity index (χ4n) is 2.26. The molecule has 1 aliphatic rings. The fourth-order valence-corrected chi connectivity index (χ4v) is 2.26. The Labute approximate surface area is 118 Å². The first-order valence-corrected chi connectivity index (χ1v) is 6.85. The SMILES string of the molecule is CCOC(=O)[C@H]1CC(=O)N(c2ccc(OCC)cc2)C1. The van der Waals surface area contributed by atoms with E-state index in [0.29, 0.717) is 19.8 Å². The van der Waals surface area contributed by atoms with Gasteiger partial charge in [-0.3, -0.25) is 9.59 Å². The maximum Gasteiger partial charge on any atom is 0.311 e. The molecule has 1 heterocycles. The van der Waals surface area contributed by atoms with E-state index in [1.165, 1.54) is 0 Å². The largest absolute Gasteiger partial charge is 0.494 e. The van der Waals surface area contributed by atoms with Crippen molar-refractivity contribution in [2.45, 2.75) is 20.3 Å². The monoisotopic (exact) mass is 277 g/mol. The minimum Gasteiger partial charge on any atom is -0.494 e. The van der Waals surface area contributed by atoms with Gasteiger partial charge in [-0.2, -0.15) is 0 Å². The van der Waals surface area contributed by atoms with Crippen LogP contribution < -0.4 is 9.64 Å². The van der Waals surface area contributed by atoms with Gasteiger partial charge in [0.05, 0.1) is 19.1 Å². The Bertz CT molecular complexity index is 483. The second-order valence-corrected chi connectivity index (χ2v) is 4.58. The average Bonchev–Trinajstić information content (AvgIpc) is 2.83. The summed E-state index contributed by atoms with van der Waals surface area (Å²) in [5.41, 5.74) is 0.783. The molecule has 1 aliphatic heterocycles. The van der Waals surface area contributed by atoms with E-state index < -0.39 is 0 Å². The topological polar surface area (TPSA) is 55.8 Å². The van der Waals surface area contributed by atoms with Crippen LogP contribution in [0.4, 0.5) is 5.69 Å². The molecule has 0 N–H and O–H groups in total. The molecule has 0 unspecified atom stereocenters. The van der Waals surface area contributed by atoms with Crippen LogP contribution in [0.1, 0.15) is 20.3 Å². The molecular weight excluding hydrogens is 258 g/mol. The smallest absolute Gasteiger partial charge is 0.311 e. The lowest BCUT2D eigenvalue weighted by atomic mass is 10.1. The molecule has 0 bridgehead atoms. The van der Waals surface area contributed by atoms with Crippen molar-refractivity contribution in [2.24, 2.45) is 5.92 Å². The molecule has 20 heavy (non-hydrogen) atoms. The third-order valence-electron chi connectivity index (χ3n) is 3.20. The van der Waals surface area contributed by atoms with Crippen molar-refractivity contribution in [2.75, 3.05) is 24.7 Å². The van der Waals surface area contributed by atoms with Crippen LogP contribution in [-0.4, -0.2) is 31.6 Å². The maximum absolute atomic E-state index is 12.0. The Hall–Kier alpha value is -2.04. The molecular formula is C15H19NO4. The summed E-state index contributed by atoms with van der Waals surface area (Å²) in [6, 6.07) is 7.31. The predicted octanol–water partition coefficient (Wildman–Crippen LogP) is 2.00. The Morgan fingerprint density at radius 2 is 1.95 bits per heavy atom. The normalized spacial score (nSPS) is 18.2. The van der Waals surface area contributed by atoms with Crippen molar-refractivity contribution in [3.8, 4) is 5.75 Å². The first-order chi connectivity index (χ1) is 9.65. The third kappa shape index (κ3) is 3.10. The van der Waals surface area contributed by atoms with Crippen LogP contribution in [0.3, 0.4) is 0 Å². The van der Waals surface area contributed by atoms with E-state index in [1.54, 1.807) is 11.8 Å². The Balaban J connectivity index is 2.05. The molecule has 1 amide bonds. The highest BCUT2D eigenvalue weighted by molar-refractivity contribution is 5.99. The number of benzene rings is 1. The molecule has 0 aliphatic carbocycles. The highest BCUT2D eigenvalue weighted by atomic mass is 16.5. The van der Waals surface area contributed by atoms with Crippen molar-refractivity contribution in [1.29, 1.82) is 0 Å². The molecule has 5 nitrogen and oxygen atoms in total. The van der Waals surface area contributed by atoms with Gasteiger partial charge in [-0.15, -0.1) is 0 Å². The Kier molecular flexibility index (Phi) is 4.61. The number of amides is 1. The number of esters is 1. The molecule has 0 radical (unpaired) electrons. The molecule has 1 atom stereocenters. The Morgan fingerprint density at radius 3 is 2.55 bits per heavy atom. The van der Waals surface area contributed by atoms with Gasteiger partial charge in [0.15, 0.2) is 0 Å². The predicted molar refractivity (Wildman–Crippen MR) is 74.7 cm³/mol. The van der Waals surface area contributed by atoms with Crippen LogP contribution in [0.15, 0.2) is 24.3 Å². The standard InChI is InChI=1S/C15H19NO4/c1-3-19-13-7-5-12(6-8-13)16-10-11(9-14(16)17)15(18)20-4-2/h5-8,11H,3-4,9-10H2,1-2H3/t11-/m0/s1. The number of carbonyl (C=O) groups excluding carboxylic acids is 2. The highest BCUT2D eigenvalue weighted by Crippen LogP contribution is 2.27. The van der Waals surface area contributed by atoms with Crippen molar-refractivity contribution in [3.63, 3.8) is 0 Å². The number of nitrogens with zero attached hydrogens (tertiary/aromatic N) is 1. The minimum atomic E-state index is -0.367. The summed E-state index contributed by atoms with van der Waals surface area (Å²) in [7, 11) is 0. The fraction of sp³-hybridized carbons (Fsp3) is 0.467. The van der Waals surface area contributed by atoms with Crippen LogP contribution in [0.2, 0.25) is 0 Å². The van der Waals surface area contributed by atoms with Gasteiger partial charge < -0.3 is 14.4 Å². The van der Waals surface area contributed by atoms with E-state index in [1.807, 2.05) is 31.2 Å². The summed E-state index contributed by atoms with van der Waals surface area (Å²) in [6.45, 7) is 5.01. The van der Waals surface area contributed by atoms with Crippen molar-refractivity contribution >= 4 is 17.6 Å². The summed E-state index contributed by atoms with van der Waals surface area (Å²) in [5.74, 6) is 0.0559. The van der Waals surface area contributed by atoms with Crippen LogP contribution >= 0.6 is 0 Å². The van der Waals surface area contributed by atoms with Crippen LogP contribution in [0, 0.1) is 5.92 Å². The van der Waals surface area contributed by atoms with Gasteiger partial charge in [0.1, 0.15) is 5.75 Å². The molecule has 0 aromatic heterocycles. The van der Waals surface area contributed by atoms with E-state index in [9.17, 15) is 9.59 Å². The molecule has 0 saturated carbocycles. The van der Waals surface area contributed by atoms with E-state index in [2.05, 4.69) is 0 Å². The zero-order valence-corrected chi connectivity index (χ0v) is 11.8. The number of hydrogen-bond donors (Lipinski definition) is 0. The van der Waals surface area contributed by atoms with Gasteiger partial charge in [-0.25, -0.2) is 0 Å². The van der Waals surface area contributed by atoms with Gasteiger partial charge >= 0.3 is 5.97 Å². The van der Waals surface area contributed by atoms with E-state index in [4.69, 9.17) is 9.47 Å². The van der Waals surface area contributed by atoms with Crippen molar-refractivity contribution < 1.29 is 19.1 Å². The second kappa shape index (κ2) is 6.41. The van der Waals surface area contributed by atoms with Gasteiger partial charge in [0.25, 0.3) is 0 Å². The lowest BCUT2D eigenvalue weighted by Crippen LogP contribution is -2.26. The number of rotatable bonds is 5. The van der Waals surface area contributed by atoms with E-state index in [-0.39, 0.29) is 24.2 Å². The van der Waals surface area contributed by atoms with Gasteiger partial charge in [-0.1, -0.05) is 0 Å². The van der Waals surface area contributed by atoms with E-state index in [0.717, 1.165) is 11.4 Å². The molecule has 0 spiro atoms. The molecule has 1 aromatic rings. The second-order valence-electron chi connectivity index (χ2n) is 4.58. The Morgan fingerprint density at radius 1 is 1.25 bits per heavy atom. The molecule has 108 valence electrons. The molecule has 1 fully saturated rings. The van der Waals surface area contributed by atoms with Crippen LogP contribution in [0.25, 0.3) is 0 Å². The van der Waals surface area contributed by atoms with Crippen LogP contribution in [-0.2, 0) is 14.3 Å². The zero-order chi connectivity index (χ0) is 14.5. The molecule has 5 heteroatoms. The number of hydrogen-bond acceptors (Lipinski definition) is 4. The zero-order valence-electron chi connectivity index (χ0n) is 11.8. The first kappa shape index (κ1) is 14.4. The van der Waals surface area contributed by atoms with E-state index >= 15 is 0 Å². The summed E-state index contributed by atoms with van der Waals surface area (Å²) >= 11 is 0. The molecule has 2 rings (SSSR count). The van der Waals surface area contributed by atoms with Gasteiger partial charge in [0.2, 0.25) is 5.91 Å². The average molecular weight is 277 g/mol. The molecule has 1 aromatic carbocycles. The van der Waals surface area contributed by atoms with Crippen molar-refractivity contribution in [1.82, 2.24) is 0 Å². The highest BCUT2D eigenvalue weighted by Gasteiger charge is 2.35. The summed E-state index contributed by atoms with van der Waals surface area (Å²) in [4.78, 5) is 25.3. The first-order valence-electron chi connectivity index (χ1n) is 6.85. The quantitative estimate of drug-likeness (QED) is 0.772. The summed E-state index contributed by atoms with van der Waals surface area (Å²) < 4.78 is 10.3. The number of ether oxygens (including phenoxy) is 2. The van der Waals surface area contributed by atoms with Gasteiger partial charge in [0, 0.05) is 18.7 Å². The molecule has 1 saturated heterocycles. The third-order valence-corrected chi connectivity index (χ3v) is 3.20. The number of carbonyl (C=O) groups is 2.